The molecule has 1 unspecified atom stereocenters. The summed E-state index contributed by atoms with van der Waals surface area (Å²) in [4.78, 5) is 15.8. The molecule has 0 saturated heterocycles. The maximum atomic E-state index is 11.7. The number of nitrogens with two attached hydrogens (primary N) is 1. The van der Waals surface area contributed by atoms with Crippen molar-refractivity contribution in [3.05, 3.63) is 24.4 Å². The fourth-order valence-corrected chi connectivity index (χ4v) is 2.04. The molecule has 8 heteroatoms. The molecule has 0 radical (unpaired) electrons. The molecule has 7 nitrogen and oxygen atoms in total. The number of carbonyl (C=O) groups is 1. The van der Waals surface area contributed by atoms with Gasteiger partial charge in [-0.25, -0.2) is 0 Å². The van der Waals surface area contributed by atoms with Crippen molar-refractivity contribution < 1.29 is 9.53 Å². The number of anilines is 1. The fourth-order valence-electron chi connectivity index (χ4n) is 1.32. The van der Waals surface area contributed by atoms with E-state index >= 15 is 0 Å². The Kier molecular flexibility index (Phi) is 4.50. The Balaban J connectivity index is 2.04. The number of methoxy groups -OCH3 is 1. The molecule has 0 saturated carbocycles. The van der Waals surface area contributed by atoms with Crippen LogP contribution in [0.25, 0.3) is 10.7 Å². The summed E-state index contributed by atoms with van der Waals surface area (Å²) in [5.74, 6) is -0.356. The lowest BCUT2D eigenvalue weighted by Gasteiger charge is -2.08. The maximum absolute atomic E-state index is 11.7. The van der Waals surface area contributed by atoms with Crippen molar-refractivity contribution in [2.75, 3.05) is 19.0 Å². The molecule has 1 amide bonds. The zero-order valence-electron chi connectivity index (χ0n) is 10.2. The molecule has 0 fully saturated rings. The van der Waals surface area contributed by atoms with Gasteiger partial charge in [-0.05, 0) is 12.1 Å². The second-order valence-electron chi connectivity index (χ2n) is 3.68. The molecule has 19 heavy (non-hydrogen) atoms. The quantitative estimate of drug-likeness (QED) is 0.826. The van der Waals surface area contributed by atoms with Crippen LogP contribution in [0.5, 0.6) is 0 Å². The van der Waals surface area contributed by atoms with E-state index in [1.165, 1.54) is 18.4 Å². The van der Waals surface area contributed by atoms with Gasteiger partial charge in [0.2, 0.25) is 11.0 Å². The summed E-state index contributed by atoms with van der Waals surface area (Å²) in [6.07, 6.45) is 1.67. The average molecular weight is 279 g/mol. The van der Waals surface area contributed by atoms with E-state index in [2.05, 4.69) is 20.5 Å². The second kappa shape index (κ2) is 6.32. The Morgan fingerprint density at radius 2 is 2.37 bits per heavy atom. The third kappa shape index (κ3) is 3.53. The van der Waals surface area contributed by atoms with Crippen LogP contribution < -0.4 is 11.1 Å². The number of pyridine rings is 1. The Bertz CT molecular complexity index is 545. The summed E-state index contributed by atoms with van der Waals surface area (Å²) in [5, 5.41) is 11.5. The van der Waals surface area contributed by atoms with Crippen molar-refractivity contribution in [1.82, 2.24) is 15.2 Å². The molecule has 2 aromatic heterocycles. The van der Waals surface area contributed by atoms with Crippen molar-refractivity contribution in [3.8, 4) is 10.7 Å². The summed E-state index contributed by atoms with van der Waals surface area (Å²) < 4.78 is 4.81. The number of aromatic nitrogens is 3. The molecule has 100 valence electrons. The van der Waals surface area contributed by atoms with Crippen LogP contribution >= 0.6 is 11.3 Å². The predicted molar refractivity (Wildman–Crippen MR) is 71.6 cm³/mol. The highest BCUT2D eigenvalue weighted by Crippen LogP contribution is 2.24. The SMILES string of the molecule is COCC(N)C(=O)Nc1nnc(-c2ccccn2)s1. The highest BCUT2D eigenvalue weighted by Gasteiger charge is 2.16. The van der Waals surface area contributed by atoms with Gasteiger partial charge in [-0.15, -0.1) is 10.2 Å². The molecular formula is C11H13N5O2S. The minimum absolute atomic E-state index is 0.151. The Hall–Kier alpha value is -1.90. The van der Waals surface area contributed by atoms with Gasteiger partial charge in [0.15, 0.2) is 5.01 Å². The number of amides is 1. The van der Waals surface area contributed by atoms with Gasteiger partial charge in [-0.3, -0.25) is 15.1 Å². The van der Waals surface area contributed by atoms with Gasteiger partial charge < -0.3 is 10.5 Å². The largest absolute Gasteiger partial charge is 0.383 e. The van der Waals surface area contributed by atoms with Crippen LogP contribution in [0.1, 0.15) is 0 Å². The molecule has 2 aromatic rings. The Labute approximate surface area is 113 Å². The summed E-state index contributed by atoms with van der Waals surface area (Å²) in [5.41, 5.74) is 6.31. The van der Waals surface area contributed by atoms with E-state index in [1.54, 1.807) is 6.20 Å². The summed E-state index contributed by atoms with van der Waals surface area (Å²) in [6, 6.07) is 4.77. The van der Waals surface area contributed by atoms with Crippen LogP contribution in [0.15, 0.2) is 24.4 Å². The first-order valence-corrected chi connectivity index (χ1v) is 6.32. The molecule has 0 bridgehead atoms. The first kappa shape index (κ1) is 13.5. The van der Waals surface area contributed by atoms with Crippen LogP contribution in [0.3, 0.4) is 0 Å². The van der Waals surface area contributed by atoms with Gasteiger partial charge in [0.1, 0.15) is 11.7 Å². The topological polar surface area (TPSA) is 103 Å². The number of ether oxygens (including phenoxy) is 1. The summed E-state index contributed by atoms with van der Waals surface area (Å²) in [6.45, 7) is 0.151. The number of hydrogen-bond donors (Lipinski definition) is 2. The first-order valence-electron chi connectivity index (χ1n) is 5.51. The lowest BCUT2D eigenvalue weighted by Crippen LogP contribution is -2.39. The van der Waals surface area contributed by atoms with E-state index in [0.29, 0.717) is 15.8 Å². The number of hydrogen-bond acceptors (Lipinski definition) is 7. The predicted octanol–water partition coefficient (Wildman–Crippen LogP) is 0.512. The van der Waals surface area contributed by atoms with Crippen LogP contribution in [0.4, 0.5) is 5.13 Å². The van der Waals surface area contributed by atoms with Gasteiger partial charge in [-0.2, -0.15) is 0 Å². The minimum Gasteiger partial charge on any atom is -0.383 e. The first-order chi connectivity index (χ1) is 9.20. The van der Waals surface area contributed by atoms with Crippen LogP contribution in [0.2, 0.25) is 0 Å². The molecule has 1 atom stereocenters. The van der Waals surface area contributed by atoms with Crippen molar-refractivity contribution in [3.63, 3.8) is 0 Å². The second-order valence-corrected chi connectivity index (χ2v) is 4.66. The lowest BCUT2D eigenvalue weighted by molar-refractivity contribution is -0.118. The number of nitrogens with one attached hydrogen (secondary N) is 1. The van der Waals surface area contributed by atoms with Gasteiger partial charge in [0, 0.05) is 13.3 Å². The van der Waals surface area contributed by atoms with Gasteiger partial charge in [-0.1, -0.05) is 17.4 Å². The maximum Gasteiger partial charge on any atom is 0.245 e. The molecular weight excluding hydrogens is 266 g/mol. The molecule has 0 aromatic carbocycles. The van der Waals surface area contributed by atoms with E-state index in [4.69, 9.17) is 10.5 Å². The monoisotopic (exact) mass is 279 g/mol. The van der Waals surface area contributed by atoms with Crippen LogP contribution in [-0.2, 0) is 9.53 Å². The molecule has 2 rings (SSSR count). The highest BCUT2D eigenvalue weighted by atomic mass is 32.1. The van der Waals surface area contributed by atoms with E-state index in [9.17, 15) is 4.79 Å². The molecule has 0 aliphatic rings. The van der Waals surface area contributed by atoms with E-state index < -0.39 is 6.04 Å². The molecule has 0 aliphatic heterocycles. The van der Waals surface area contributed by atoms with Crippen LogP contribution in [0, 0.1) is 0 Å². The zero-order chi connectivity index (χ0) is 13.7. The fraction of sp³-hybridized carbons (Fsp3) is 0.273. The smallest absolute Gasteiger partial charge is 0.245 e. The normalized spacial score (nSPS) is 12.1. The van der Waals surface area contributed by atoms with E-state index in [-0.39, 0.29) is 12.5 Å². The molecule has 0 spiro atoms. The zero-order valence-corrected chi connectivity index (χ0v) is 11.1. The van der Waals surface area contributed by atoms with Gasteiger partial charge in [0.25, 0.3) is 0 Å². The molecule has 3 N–H and O–H groups in total. The van der Waals surface area contributed by atoms with Crippen molar-refractivity contribution in [1.29, 1.82) is 0 Å². The average Bonchev–Trinajstić information content (AvgIpc) is 2.88. The van der Waals surface area contributed by atoms with Crippen molar-refractivity contribution >= 4 is 22.4 Å². The van der Waals surface area contributed by atoms with Crippen LogP contribution in [-0.4, -0.2) is 40.8 Å². The van der Waals surface area contributed by atoms with Gasteiger partial charge >= 0.3 is 0 Å². The number of carbonyl (C=O) groups excluding carboxylic acids is 1. The minimum atomic E-state index is -0.729. The summed E-state index contributed by atoms with van der Waals surface area (Å²) in [7, 11) is 1.48. The van der Waals surface area contributed by atoms with Crippen molar-refractivity contribution in [2.45, 2.75) is 6.04 Å². The van der Waals surface area contributed by atoms with E-state index in [1.807, 2.05) is 18.2 Å². The summed E-state index contributed by atoms with van der Waals surface area (Å²) >= 11 is 1.24. The number of nitrogens with zero attached hydrogens (tertiary/aromatic N) is 3. The molecule has 2 heterocycles. The third-order valence-corrected chi connectivity index (χ3v) is 3.08. The Morgan fingerprint density at radius 1 is 1.53 bits per heavy atom. The standard InChI is InChI=1S/C11H13N5O2S/c1-18-6-7(12)9(17)14-11-16-15-10(19-11)8-4-2-3-5-13-8/h2-5,7H,6,12H2,1H3,(H,14,16,17). The van der Waals surface area contributed by atoms with E-state index in [0.717, 1.165) is 0 Å². The van der Waals surface area contributed by atoms with Gasteiger partial charge in [0.05, 0.1) is 6.61 Å². The third-order valence-electron chi connectivity index (χ3n) is 2.22. The Morgan fingerprint density at radius 3 is 3.05 bits per heavy atom. The van der Waals surface area contributed by atoms with Crippen molar-refractivity contribution in [2.24, 2.45) is 5.73 Å². The lowest BCUT2D eigenvalue weighted by atomic mass is 10.3. The highest BCUT2D eigenvalue weighted by molar-refractivity contribution is 7.18. The molecule has 0 aliphatic carbocycles. The number of rotatable bonds is 5.